The molecule has 110 valence electrons. The Hall–Kier alpha value is -2.47. The van der Waals surface area contributed by atoms with Crippen molar-refractivity contribution in [3.05, 3.63) is 64.3 Å². The number of nitrogens with zero attached hydrogens (tertiary/aromatic N) is 1. The van der Waals surface area contributed by atoms with Gasteiger partial charge in [0.1, 0.15) is 6.54 Å². The first-order valence-corrected chi connectivity index (χ1v) is 6.83. The average molecular weight is 288 g/mol. The molecule has 1 aromatic carbocycles. The van der Waals surface area contributed by atoms with Crippen molar-refractivity contribution in [3.63, 3.8) is 0 Å². The standard InChI is InChI=1S/C15H18N4O2/c1-18(2)14(12-7-4-3-5-8-12)11-17-15-13(19(20)21)9-6-10-16-15/h3-10,14H,11H2,1-2H3,(H,16,17)/p+2/t14-/m1/s1. The van der Waals surface area contributed by atoms with Crippen LogP contribution in [0.3, 0.4) is 0 Å². The largest absolute Gasteiger partial charge is 0.357 e. The van der Waals surface area contributed by atoms with Crippen molar-refractivity contribution in [2.24, 2.45) is 0 Å². The molecule has 0 aliphatic carbocycles. The van der Waals surface area contributed by atoms with E-state index in [1.807, 2.05) is 18.2 Å². The number of hydrogen-bond acceptors (Lipinski definition) is 3. The molecule has 6 nitrogen and oxygen atoms in total. The van der Waals surface area contributed by atoms with E-state index < -0.39 is 4.92 Å². The Balaban J connectivity index is 2.15. The smallest absolute Gasteiger partial charge is 0.330 e. The molecule has 0 amide bonds. The quantitative estimate of drug-likeness (QED) is 0.607. The minimum atomic E-state index is -0.390. The third-order valence-electron chi connectivity index (χ3n) is 3.41. The lowest BCUT2D eigenvalue weighted by molar-refractivity contribution is -0.890. The Kier molecular flexibility index (Phi) is 4.84. The molecule has 1 atom stereocenters. The number of pyridine rings is 1. The zero-order valence-electron chi connectivity index (χ0n) is 12.2. The molecule has 0 radical (unpaired) electrons. The first-order valence-electron chi connectivity index (χ1n) is 6.83. The molecule has 6 heteroatoms. The van der Waals surface area contributed by atoms with Crippen molar-refractivity contribution in [2.75, 3.05) is 26.0 Å². The molecule has 0 fully saturated rings. The van der Waals surface area contributed by atoms with Crippen LogP contribution in [0.2, 0.25) is 0 Å². The molecule has 0 saturated heterocycles. The molecule has 2 aromatic rings. The minimum absolute atomic E-state index is 0.0538. The monoisotopic (exact) mass is 288 g/mol. The van der Waals surface area contributed by atoms with E-state index in [1.165, 1.54) is 16.5 Å². The number of rotatable bonds is 6. The molecule has 3 N–H and O–H groups in total. The second kappa shape index (κ2) is 6.81. The van der Waals surface area contributed by atoms with Crippen LogP contribution in [0.4, 0.5) is 11.5 Å². The highest BCUT2D eigenvalue weighted by Crippen LogP contribution is 2.18. The molecular formula is C15H20N4O2+2. The van der Waals surface area contributed by atoms with Gasteiger partial charge in [-0.05, 0) is 6.07 Å². The van der Waals surface area contributed by atoms with E-state index in [2.05, 4.69) is 36.5 Å². The molecular weight excluding hydrogens is 268 g/mol. The van der Waals surface area contributed by atoms with E-state index in [9.17, 15) is 10.1 Å². The lowest BCUT2D eigenvalue weighted by Crippen LogP contribution is -3.06. The third-order valence-corrected chi connectivity index (χ3v) is 3.41. The van der Waals surface area contributed by atoms with Crippen LogP contribution in [0.1, 0.15) is 11.6 Å². The summed E-state index contributed by atoms with van der Waals surface area (Å²) in [5.74, 6) is 0.435. The Morgan fingerprint density at radius 3 is 2.57 bits per heavy atom. The van der Waals surface area contributed by atoms with Crippen molar-refractivity contribution in [2.45, 2.75) is 6.04 Å². The summed E-state index contributed by atoms with van der Waals surface area (Å²) in [6.07, 6.45) is 1.68. The molecule has 0 bridgehead atoms. The molecule has 21 heavy (non-hydrogen) atoms. The zero-order valence-corrected chi connectivity index (χ0v) is 12.2. The van der Waals surface area contributed by atoms with Crippen LogP contribution in [-0.2, 0) is 0 Å². The fourth-order valence-electron chi connectivity index (χ4n) is 2.27. The number of aromatic nitrogens is 1. The van der Waals surface area contributed by atoms with Crippen molar-refractivity contribution in [1.82, 2.24) is 0 Å². The second-order valence-corrected chi connectivity index (χ2v) is 5.11. The third kappa shape index (κ3) is 3.76. The van der Waals surface area contributed by atoms with E-state index in [0.29, 0.717) is 12.4 Å². The van der Waals surface area contributed by atoms with Crippen molar-refractivity contribution in [1.29, 1.82) is 0 Å². The highest BCUT2D eigenvalue weighted by atomic mass is 16.6. The number of nitro groups is 1. The number of aromatic amines is 1. The maximum atomic E-state index is 11.0. The van der Waals surface area contributed by atoms with Crippen LogP contribution >= 0.6 is 0 Å². The average Bonchev–Trinajstić information content (AvgIpc) is 2.48. The summed E-state index contributed by atoms with van der Waals surface area (Å²) in [5, 5.41) is 14.2. The Labute approximate surface area is 123 Å². The lowest BCUT2D eigenvalue weighted by atomic mass is 10.1. The van der Waals surface area contributed by atoms with Gasteiger partial charge in [0, 0.05) is 11.6 Å². The number of quaternary nitrogens is 1. The van der Waals surface area contributed by atoms with Crippen LogP contribution in [0, 0.1) is 10.1 Å². The van der Waals surface area contributed by atoms with Crippen molar-refractivity contribution < 1.29 is 14.8 Å². The SMILES string of the molecule is C[NH+](C)[C@H](CNc1[nH+]cccc1[N+](=O)[O-])c1ccccc1. The first-order chi connectivity index (χ1) is 10.1. The summed E-state index contributed by atoms with van der Waals surface area (Å²) in [5.41, 5.74) is 1.25. The Bertz CT molecular complexity index is 602. The first kappa shape index (κ1) is 14.9. The number of benzene rings is 1. The Morgan fingerprint density at radius 2 is 1.95 bits per heavy atom. The summed E-state index contributed by atoms with van der Waals surface area (Å²) < 4.78 is 0. The van der Waals surface area contributed by atoms with Crippen LogP contribution in [0.25, 0.3) is 0 Å². The minimum Gasteiger partial charge on any atom is -0.330 e. The Morgan fingerprint density at radius 1 is 1.24 bits per heavy atom. The van der Waals surface area contributed by atoms with Gasteiger partial charge in [0.25, 0.3) is 0 Å². The van der Waals surface area contributed by atoms with E-state index >= 15 is 0 Å². The zero-order chi connectivity index (χ0) is 15.2. The van der Waals surface area contributed by atoms with Gasteiger partial charge in [-0.2, -0.15) is 0 Å². The lowest BCUT2D eigenvalue weighted by Gasteiger charge is -2.20. The van der Waals surface area contributed by atoms with Gasteiger partial charge in [-0.15, -0.1) is 0 Å². The van der Waals surface area contributed by atoms with Gasteiger partial charge in [-0.3, -0.25) is 15.4 Å². The van der Waals surface area contributed by atoms with Gasteiger partial charge >= 0.3 is 11.5 Å². The number of nitrogens with one attached hydrogen (secondary N) is 3. The van der Waals surface area contributed by atoms with Gasteiger partial charge < -0.3 is 4.90 Å². The van der Waals surface area contributed by atoms with E-state index in [1.54, 1.807) is 12.3 Å². The van der Waals surface area contributed by atoms with E-state index in [0.717, 1.165) is 0 Å². The van der Waals surface area contributed by atoms with Gasteiger partial charge in [0.05, 0.1) is 25.2 Å². The van der Waals surface area contributed by atoms with Crippen LogP contribution in [0.5, 0.6) is 0 Å². The predicted molar refractivity (Wildman–Crippen MR) is 80.1 cm³/mol. The molecule has 0 unspecified atom stereocenters. The second-order valence-electron chi connectivity index (χ2n) is 5.11. The fraction of sp³-hybridized carbons (Fsp3) is 0.267. The van der Waals surface area contributed by atoms with Crippen LogP contribution in [-0.4, -0.2) is 25.6 Å². The summed E-state index contributed by atoms with van der Waals surface area (Å²) >= 11 is 0. The van der Waals surface area contributed by atoms with Crippen molar-refractivity contribution in [3.8, 4) is 0 Å². The maximum absolute atomic E-state index is 11.0. The fourth-order valence-corrected chi connectivity index (χ4v) is 2.27. The topological polar surface area (TPSA) is 73.8 Å². The van der Waals surface area contributed by atoms with Crippen LogP contribution in [0.15, 0.2) is 48.7 Å². The molecule has 1 heterocycles. The number of anilines is 1. The molecule has 1 aromatic heterocycles. The number of likely N-dealkylation sites (N-methyl/N-ethyl adjacent to an activating group) is 1. The molecule has 0 saturated carbocycles. The molecule has 0 spiro atoms. The summed E-state index contributed by atoms with van der Waals surface area (Å²) in [6.45, 7) is 0.605. The van der Waals surface area contributed by atoms with E-state index in [4.69, 9.17) is 0 Å². The molecule has 0 aliphatic heterocycles. The summed E-state index contributed by atoms with van der Waals surface area (Å²) in [7, 11) is 4.14. The van der Waals surface area contributed by atoms with Gasteiger partial charge in [-0.25, -0.2) is 4.98 Å². The van der Waals surface area contributed by atoms with Gasteiger partial charge in [0.2, 0.25) is 0 Å². The number of hydrogen-bond donors (Lipinski definition) is 2. The van der Waals surface area contributed by atoms with Crippen molar-refractivity contribution >= 4 is 11.5 Å². The predicted octanol–water partition coefficient (Wildman–Crippen LogP) is 0.707. The highest BCUT2D eigenvalue weighted by Gasteiger charge is 2.24. The van der Waals surface area contributed by atoms with E-state index in [-0.39, 0.29) is 11.7 Å². The summed E-state index contributed by atoms with van der Waals surface area (Å²) in [6, 6.07) is 13.4. The highest BCUT2D eigenvalue weighted by molar-refractivity contribution is 5.50. The van der Waals surface area contributed by atoms with Crippen LogP contribution < -0.4 is 15.2 Å². The normalized spacial score (nSPS) is 12.1. The summed E-state index contributed by atoms with van der Waals surface area (Å²) in [4.78, 5) is 14.8. The number of H-pyrrole nitrogens is 1. The van der Waals surface area contributed by atoms with Gasteiger partial charge in [0.15, 0.2) is 6.04 Å². The van der Waals surface area contributed by atoms with Gasteiger partial charge in [-0.1, -0.05) is 30.3 Å². The molecule has 2 rings (SSSR count). The molecule has 0 aliphatic rings. The maximum Gasteiger partial charge on any atom is 0.357 e.